The van der Waals surface area contributed by atoms with Crippen LogP contribution in [0.15, 0.2) is 18.3 Å². The molecule has 0 amide bonds. The third-order valence-corrected chi connectivity index (χ3v) is 4.06. The van der Waals surface area contributed by atoms with Gasteiger partial charge < -0.3 is 5.32 Å². The van der Waals surface area contributed by atoms with Crippen molar-refractivity contribution in [2.75, 3.05) is 11.2 Å². The van der Waals surface area contributed by atoms with Crippen LogP contribution in [0.3, 0.4) is 0 Å². The van der Waals surface area contributed by atoms with E-state index in [0.29, 0.717) is 5.88 Å². The van der Waals surface area contributed by atoms with E-state index in [1.807, 2.05) is 0 Å². The Kier molecular flexibility index (Phi) is 4.23. The summed E-state index contributed by atoms with van der Waals surface area (Å²) in [7, 11) is 0. The van der Waals surface area contributed by atoms with E-state index in [1.54, 1.807) is 0 Å². The minimum absolute atomic E-state index is 0.248. The average molecular weight is 293 g/mol. The topological polar surface area (TPSA) is 24.9 Å². The van der Waals surface area contributed by atoms with E-state index >= 15 is 0 Å². The van der Waals surface area contributed by atoms with E-state index < -0.39 is 11.7 Å². The number of rotatable bonds is 3. The van der Waals surface area contributed by atoms with E-state index in [9.17, 15) is 13.2 Å². The van der Waals surface area contributed by atoms with Gasteiger partial charge in [0, 0.05) is 12.1 Å². The van der Waals surface area contributed by atoms with E-state index in [0.717, 1.165) is 44.2 Å². The Bertz CT molecular complexity index is 428. The maximum Gasteiger partial charge on any atom is 0.416 e. The summed E-state index contributed by atoms with van der Waals surface area (Å²) >= 11 is 6.00. The van der Waals surface area contributed by atoms with Crippen LogP contribution in [0.25, 0.3) is 0 Å². The molecule has 1 N–H and O–H groups in total. The first-order valence-electron chi connectivity index (χ1n) is 6.33. The Morgan fingerprint density at radius 2 is 1.95 bits per heavy atom. The Labute approximate surface area is 115 Å². The number of hydrogen-bond acceptors (Lipinski definition) is 2. The van der Waals surface area contributed by atoms with Gasteiger partial charge in [0.15, 0.2) is 0 Å². The number of hydrogen-bond donors (Lipinski definition) is 1. The van der Waals surface area contributed by atoms with Crippen LogP contribution in [0.1, 0.15) is 37.7 Å². The SMILES string of the molecule is FC(F)(F)c1ccnc(NC2(CCl)CCCCC2)c1. The molecule has 1 saturated carbocycles. The molecule has 1 heterocycles. The molecule has 1 aromatic rings. The van der Waals surface area contributed by atoms with E-state index in [1.165, 1.54) is 6.20 Å². The number of nitrogens with zero attached hydrogens (tertiary/aromatic N) is 1. The number of pyridine rings is 1. The van der Waals surface area contributed by atoms with E-state index in [2.05, 4.69) is 10.3 Å². The van der Waals surface area contributed by atoms with Crippen molar-refractivity contribution in [2.45, 2.75) is 43.8 Å². The molecule has 2 rings (SSSR count). The average Bonchev–Trinajstić information content (AvgIpc) is 2.39. The molecule has 0 unspecified atom stereocenters. The lowest BCUT2D eigenvalue weighted by Gasteiger charge is -2.37. The summed E-state index contributed by atoms with van der Waals surface area (Å²) < 4.78 is 37.9. The number of nitrogens with one attached hydrogen (secondary N) is 1. The molecule has 0 atom stereocenters. The highest BCUT2D eigenvalue weighted by molar-refractivity contribution is 6.18. The zero-order valence-electron chi connectivity index (χ0n) is 10.4. The standard InChI is InChI=1S/C13H16ClF3N2/c14-9-12(5-2-1-3-6-12)19-11-8-10(4-7-18-11)13(15,16)17/h4,7-8H,1-3,5-6,9H2,(H,18,19). The third-order valence-electron chi connectivity index (χ3n) is 3.55. The summed E-state index contributed by atoms with van der Waals surface area (Å²) in [5, 5.41) is 3.11. The molecule has 106 valence electrons. The summed E-state index contributed by atoms with van der Waals surface area (Å²) in [6.45, 7) is 0. The van der Waals surface area contributed by atoms with Crippen LogP contribution in [0.2, 0.25) is 0 Å². The van der Waals surface area contributed by atoms with Crippen molar-refractivity contribution in [3.8, 4) is 0 Å². The van der Waals surface area contributed by atoms with Crippen LogP contribution in [0.5, 0.6) is 0 Å². The number of anilines is 1. The first-order valence-corrected chi connectivity index (χ1v) is 6.86. The van der Waals surface area contributed by atoms with Gasteiger partial charge >= 0.3 is 6.18 Å². The van der Waals surface area contributed by atoms with E-state index in [4.69, 9.17) is 11.6 Å². The van der Waals surface area contributed by atoms with Crippen LogP contribution >= 0.6 is 11.6 Å². The van der Waals surface area contributed by atoms with Crippen molar-refractivity contribution in [3.63, 3.8) is 0 Å². The van der Waals surface area contributed by atoms with E-state index in [-0.39, 0.29) is 11.4 Å². The smallest absolute Gasteiger partial charge is 0.363 e. The molecule has 2 nitrogen and oxygen atoms in total. The summed E-state index contributed by atoms with van der Waals surface area (Å²) in [6.07, 6.45) is 1.80. The number of halogens is 4. The lowest BCUT2D eigenvalue weighted by molar-refractivity contribution is -0.137. The Morgan fingerprint density at radius 1 is 1.26 bits per heavy atom. The zero-order chi connectivity index (χ0) is 13.9. The molecule has 0 radical (unpaired) electrons. The number of aromatic nitrogens is 1. The highest BCUT2D eigenvalue weighted by Gasteiger charge is 2.33. The molecular formula is C13H16ClF3N2. The fraction of sp³-hybridized carbons (Fsp3) is 0.615. The highest BCUT2D eigenvalue weighted by Crippen LogP contribution is 2.34. The van der Waals surface area contributed by atoms with Crippen molar-refractivity contribution in [1.29, 1.82) is 0 Å². The first kappa shape index (κ1) is 14.4. The molecule has 0 saturated heterocycles. The molecule has 6 heteroatoms. The van der Waals surface area contributed by atoms with Crippen LogP contribution < -0.4 is 5.32 Å². The molecule has 0 spiro atoms. The van der Waals surface area contributed by atoms with Gasteiger partial charge in [0.1, 0.15) is 5.82 Å². The normalized spacial score (nSPS) is 19.2. The number of alkyl halides is 4. The van der Waals surface area contributed by atoms with Crippen molar-refractivity contribution in [3.05, 3.63) is 23.9 Å². The van der Waals surface area contributed by atoms with Crippen LogP contribution in [0.4, 0.5) is 19.0 Å². The lowest BCUT2D eigenvalue weighted by Crippen LogP contribution is -2.42. The van der Waals surface area contributed by atoms with Crippen LogP contribution in [0, 0.1) is 0 Å². The van der Waals surface area contributed by atoms with Gasteiger partial charge in [-0.2, -0.15) is 13.2 Å². The van der Waals surface area contributed by atoms with Crippen molar-refractivity contribution < 1.29 is 13.2 Å². The van der Waals surface area contributed by atoms with Gasteiger partial charge in [-0.05, 0) is 25.0 Å². The molecule has 0 aromatic carbocycles. The van der Waals surface area contributed by atoms with Gasteiger partial charge in [-0.15, -0.1) is 11.6 Å². The van der Waals surface area contributed by atoms with Gasteiger partial charge in [0.05, 0.1) is 11.1 Å². The Balaban J connectivity index is 2.18. The van der Waals surface area contributed by atoms with Crippen LogP contribution in [-0.2, 0) is 6.18 Å². The van der Waals surface area contributed by atoms with Gasteiger partial charge in [0.2, 0.25) is 0 Å². The van der Waals surface area contributed by atoms with Gasteiger partial charge in [-0.25, -0.2) is 4.98 Å². The Hall–Kier alpha value is -0.970. The maximum atomic E-state index is 12.6. The highest BCUT2D eigenvalue weighted by atomic mass is 35.5. The molecule has 1 aliphatic rings. The second kappa shape index (κ2) is 5.57. The van der Waals surface area contributed by atoms with Crippen molar-refractivity contribution in [2.24, 2.45) is 0 Å². The minimum atomic E-state index is -4.35. The quantitative estimate of drug-likeness (QED) is 0.832. The van der Waals surface area contributed by atoms with Gasteiger partial charge in [-0.3, -0.25) is 0 Å². The fourth-order valence-corrected chi connectivity index (χ4v) is 2.80. The van der Waals surface area contributed by atoms with Gasteiger partial charge in [-0.1, -0.05) is 19.3 Å². The molecule has 0 aliphatic heterocycles. The maximum absolute atomic E-state index is 12.6. The molecule has 1 aliphatic carbocycles. The molecule has 0 bridgehead atoms. The zero-order valence-corrected chi connectivity index (χ0v) is 11.2. The van der Waals surface area contributed by atoms with Crippen molar-refractivity contribution >= 4 is 17.4 Å². The third kappa shape index (κ3) is 3.53. The predicted molar refractivity (Wildman–Crippen MR) is 69.4 cm³/mol. The monoisotopic (exact) mass is 292 g/mol. The first-order chi connectivity index (χ1) is 8.95. The Morgan fingerprint density at radius 3 is 2.53 bits per heavy atom. The summed E-state index contributed by atoms with van der Waals surface area (Å²) in [4.78, 5) is 3.97. The largest absolute Gasteiger partial charge is 0.416 e. The molecule has 1 fully saturated rings. The second-order valence-corrected chi connectivity index (χ2v) is 5.29. The van der Waals surface area contributed by atoms with Gasteiger partial charge in [0.25, 0.3) is 0 Å². The minimum Gasteiger partial charge on any atom is -0.363 e. The summed E-state index contributed by atoms with van der Waals surface area (Å²) in [5.41, 5.74) is -1.01. The molecule has 1 aromatic heterocycles. The predicted octanol–water partition coefficient (Wildman–Crippen LogP) is 4.45. The summed E-state index contributed by atoms with van der Waals surface area (Å²) in [5.74, 6) is 0.627. The fourth-order valence-electron chi connectivity index (χ4n) is 2.47. The summed E-state index contributed by atoms with van der Waals surface area (Å²) in [6, 6.07) is 2.02. The van der Waals surface area contributed by atoms with Crippen molar-refractivity contribution in [1.82, 2.24) is 4.98 Å². The molecule has 19 heavy (non-hydrogen) atoms. The second-order valence-electron chi connectivity index (χ2n) is 5.03. The lowest BCUT2D eigenvalue weighted by atomic mass is 9.83. The van der Waals surface area contributed by atoms with Crippen LogP contribution in [-0.4, -0.2) is 16.4 Å². The molecular weight excluding hydrogens is 277 g/mol.